The van der Waals surface area contributed by atoms with E-state index in [9.17, 15) is 9.59 Å². The summed E-state index contributed by atoms with van der Waals surface area (Å²) in [5.41, 5.74) is 0.424. The second kappa shape index (κ2) is 7.21. The van der Waals surface area contributed by atoms with E-state index in [0.717, 1.165) is 0 Å². The number of hydrogen-bond donors (Lipinski definition) is 2. The van der Waals surface area contributed by atoms with E-state index in [1.165, 1.54) is 11.0 Å². The Balaban J connectivity index is 2.39. The van der Waals surface area contributed by atoms with Crippen molar-refractivity contribution in [3.8, 4) is 0 Å². The number of hydrogen-bond acceptors (Lipinski definition) is 2. The molecule has 7 heteroatoms. The number of rotatable bonds is 4. The third-order valence-electron chi connectivity index (χ3n) is 2.27. The molecule has 0 unspecified atom stereocenters. The van der Waals surface area contributed by atoms with Gasteiger partial charge >= 0.3 is 6.03 Å². The average Bonchev–Trinajstić information content (AvgIpc) is 2.37. The van der Waals surface area contributed by atoms with Crippen molar-refractivity contribution in [2.24, 2.45) is 0 Å². The zero-order chi connectivity index (χ0) is 14.4. The largest absolute Gasteiger partial charge is 0.350 e. The Labute approximate surface area is 121 Å². The van der Waals surface area contributed by atoms with Gasteiger partial charge in [0.2, 0.25) is 0 Å². The third kappa shape index (κ3) is 4.96. The van der Waals surface area contributed by atoms with Crippen LogP contribution in [-0.4, -0.2) is 44.0 Å². The molecule has 0 spiro atoms. The smallest absolute Gasteiger partial charge is 0.316 e. The maximum absolute atomic E-state index is 11.8. The Morgan fingerprint density at radius 3 is 2.32 bits per heavy atom. The first kappa shape index (κ1) is 15.6. The van der Waals surface area contributed by atoms with Gasteiger partial charge in [-0.1, -0.05) is 23.2 Å². The third-order valence-corrected chi connectivity index (χ3v) is 3.01. The molecular weight excluding hydrogens is 289 g/mol. The molecule has 0 fully saturated rings. The molecule has 3 amide bonds. The number of carbonyl (C=O) groups excluding carboxylic acids is 2. The molecule has 1 aromatic carbocycles. The Bertz CT molecular complexity index is 478. The summed E-state index contributed by atoms with van der Waals surface area (Å²) >= 11 is 11.6. The number of halogens is 2. The monoisotopic (exact) mass is 303 g/mol. The summed E-state index contributed by atoms with van der Waals surface area (Å²) in [6, 6.07) is 4.44. The van der Waals surface area contributed by atoms with Gasteiger partial charge in [-0.3, -0.25) is 4.79 Å². The fourth-order valence-corrected chi connectivity index (χ4v) is 1.54. The molecule has 0 aliphatic rings. The highest BCUT2D eigenvalue weighted by Gasteiger charge is 2.08. The van der Waals surface area contributed by atoms with Crippen LogP contribution in [0.25, 0.3) is 0 Å². The maximum atomic E-state index is 11.8. The summed E-state index contributed by atoms with van der Waals surface area (Å²) in [6.45, 7) is 0.683. The molecule has 1 rings (SSSR count). The molecule has 0 aliphatic heterocycles. The lowest BCUT2D eigenvalue weighted by molar-refractivity contribution is 0.0953. The van der Waals surface area contributed by atoms with Crippen molar-refractivity contribution in [1.29, 1.82) is 0 Å². The lowest BCUT2D eigenvalue weighted by Crippen LogP contribution is -2.39. The number of nitrogens with zero attached hydrogens (tertiary/aromatic N) is 1. The summed E-state index contributed by atoms with van der Waals surface area (Å²) in [5.74, 6) is -0.266. The predicted molar refractivity (Wildman–Crippen MR) is 75.9 cm³/mol. The van der Waals surface area contributed by atoms with Gasteiger partial charge in [-0.25, -0.2) is 4.79 Å². The topological polar surface area (TPSA) is 61.4 Å². The van der Waals surface area contributed by atoms with Crippen molar-refractivity contribution in [3.63, 3.8) is 0 Å². The highest BCUT2D eigenvalue weighted by atomic mass is 35.5. The normalized spacial score (nSPS) is 9.89. The molecule has 0 atom stereocenters. The van der Waals surface area contributed by atoms with E-state index in [1.54, 1.807) is 26.2 Å². The minimum atomic E-state index is -0.266. The highest BCUT2D eigenvalue weighted by Crippen LogP contribution is 2.22. The van der Waals surface area contributed by atoms with Gasteiger partial charge in [0.05, 0.1) is 10.0 Å². The van der Waals surface area contributed by atoms with Gasteiger partial charge in [-0.05, 0) is 18.2 Å². The first-order valence-electron chi connectivity index (χ1n) is 5.60. The van der Waals surface area contributed by atoms with E-state index >= 15 is 0 Å². The number of amides is 3. The lowest BCUT2D eigenvalue weighted by Gasteiger charge is -2.12. The zero-order valence-corrected chi connectivity index (χ0v) is 12.2. The lowest BCUT2D eigenvalue weighted by atomic mass is 10.2. The fraction of sp³-hybridized carbons (Fsp3) is 0.333. The van der Waals surface area contributed by atoms with Crippen LogP contribution in [0.1, 0.15) is 10.4 Å². The van der Waals surface area contributed by atoms with Gasteiger partial charge in [0.25, 0.3) is 5.91 Å². The molecule has 5 nitrogen and oxygen atoms in total. The molecule has 2 N–H and O–H groups in total. The van der Waals surface area contributed by atoms with E-state index in [4.69, 9.17) is 23.2 Å². The summed E-state index contributed by atoms with van der Waals surface area (Å²) in [5, 5.41) is 6.03. The van der Waals surface area contributed by atoms with Crippen molar-refractivity contribution in [2.75, 3.05) is 27.2 Å². The average molecular weight is 304 g/mol. The van der Waals surface area contributed by atoms with Gasteiger partial charge < -0.3 is 15.5 Å². The highest BCUT2D eigenvalue weighted by molar-refractivity contribution is 6.42. The van der Waals surface area contributed by atoms with Crippen LogP contribution in [0.3, 0.4) is 0 Å². The van der Waals surface area contributed by atoms with E-state index in [-0.39, 0.29) is 11.9 Å². The standard InChI is InChI=1S/C12H15Cl2N3O2/c1-17(2)12(19)16-6-5-15-11(18)8-3-4-9(13)10(14)7-8/h3-4,7H,5-6H2,1-2H3,(H,15,18)(H,16,19). The second-order valence-electron chi connectivity index (χ2n) is 4.01. The van der Waals surface area contributed by atoms with E-state index in [0.29, 0.717) is 28.7 Å². The van der Waals surface area contributed by atoms with Crippen LogP contribution in [0.5, 0.6) is 0 Å². The first-order chi connectivity index (χ1) is 8.91. The van der Waals surface area contributed by atoms with Gasteiger partial charge in [0.15, 0.2) is 0 Å². The Kier molecular flexibility index (Phi) is 5.92. The summed E-state index contributed by atoms with van der Waals surface area (Å²) in [7, 11) is 3.28. The van der Waals surface area contributed by atoms with Crippen LogP contribution in [0.15, 0.2) is 18.2 Å². The van der Waals surface area contributed by atoms with Crippen molar-refractivity contribution < 1.29 is 9.59 Å². The maximum Gasteiger partial charge on any atom is 0.316 e. The van der Waals surface area contributed by atoms with Gasteiger partial charge in [0.1, 0.15) is 0 Å². The zero-order valence-electron chi connectivity index (χ0n) is 10.7. The van der Waals surface area contributed by atoms with Crippen molar-refractivity contribution in [2.45, 2.75) is 0 Å². The van der Waals surface area contributed by atoms with Gasteiger partial charge in [-0.15, -0.1) is 0 Å². The number of carbonyl (C=O) groups is 2. The minimum Gasteiger partial charge on any atom is -0.350 e. The molecule has 0 heterocycles. The minimum absolute atomic E-state index is 0.205. The number of benzene rings is 1. The SMILES string of the molecule is CN(C)C(=O)NCCNC(=O)c1ccc(Cl)c(Cl)c1. The van der Waals surface area contributed by atoms with Crippen LogP contribution in [-0.2, 0) is 0 Å². The molecule has 0 saturated heterocycles. The summed E-state index contributed by atoms with van der Waals surface area (Å²) in [4.78, 5) is 24.4. The first-order valence-corrected chi connectivity index (χ1v) is 6.36. The molecule has 0 bridgehead atoms. The van der Waals surface area contributed by atoms with E-state index in [2.05, 4.69) is 10.6 Å². The van der Waals surface area contributed by atoms with Gasteiger partial charge in [0, 0.05) is 32.7 Å². The van der Waals surface area contributed by atoms with Crippen LogP contribution in [0.2, 0.25) is 10.0 Å². The van der Waals surface area contributed by atoms with Crippen molar-refractivity contribution in [3.05, 3.63) is 33.8 Å². The molecule has 0 aliphatic carbocycles. The summed E-state index contributed by atoms with van der Waals surface area (Å²) in [6.07, 6.45) is 0. The quantitative estimate of drug-likeness (QED) is 0.836. The van der Waals surface area contributed by atoms with Crippen LogP contribution < -0.4 is 10.6 Å². The fourth-order valence-electron chi connectivity index (χ4n) is 1.24. The Hall–Kier alpha value is -1.46. The van der Waals surface area contributed by atoms with Crippen molar-refractivity contribution >= 4 is 35.1 Å². The van der Waals surface area contributed by atoms with Crippen LogP contribution in [0.4, 0.5) is 4.79 Å². The molecule has 19 heavy (non-hydrogen) atoms. The molecule has 0 saturated carbocycles. The summed E-state index contributed by atoms with van der Waals surface area (Å²) < 4.78 is 0. The molecule has 104 valence electrons. The van der Waals surface area contributed by atoms with Crippen LogP contribution >= 0.6 is 23.2 Å². The molecular formula is C12H15Cl2N3O2. The predicted octanol–water partition coefficient (Wildman–Crippen LogP) is 1.99. The Morgan fingerprint density at radius 1 is 1.11 bits per heavy atom. The van der Waals surface area contributed by atoms with E-state index in [1.807, 2.05) is 0 Å². The van der Waals surface area contributed by atoms with E-state index < -0.39 is 0 Å². The molecule has 0 radical (unpaired) electrons. The van der Waals surface area contributed by atoms with Crippen LogP contribution in [0, 0.1) is 0 Å². The Morgan fingerprint density at radius 2 is 1.74 bits per heavy atom. The molecule has 1 aromatic rings. The number of nitrogens with one attached hydrogen (secondary N) is 2. The van der Waals surface area contributed by atoms with Gasteiger partial charge in [-0.2, -0.15) is 0 Å². The molecule has 0 aromatic heterocycles. The number of urea groups is 1. The second-order valence-corrected chi connectivity index (χ2v) is 4.83. The van der Waals surface area contributed by atoms with Crippen molar-refractivity contribution in [1.82, 2.24) is 15.5 Å².